The van der Waals surface area contributed by atoms with Crippen molar-refractivity contribution in [3.8, 4) is 11.6 Å². The van der Waals surface area contributed by atoms with Crippen LogP contribution >= 0.6 is 0 Å². The zero-order valence-corrected chi connectivity index (χ0v) is 16.0. The number of hydrogen-bond donors (Lipinski definition) is 2. The van der Waals surface area contributed by atoms with E-state index in [-0.39, 0.29) is 11.6 Å². The second-order valence-electron chi connectivity index (χ2n) is 6.46. The molecule has 3 aromatic rings. The first-order valence-electron chi connectivity index (χ1n) is 8.93. The third kappa shape index (κ3) is 5.52. The molecule has 0 aliphatic rings. The molecule has 8 nitrogen and oxygen atoms in total. The number of rotatable bonds is 7. The van der Waals surface area contributed by atoms with Crippen molar-refractivity contribution in [1.29, 1.82) is 0 Å². The van der Waals surface area contributed by atoms with Crippen LogP contribution in [0.3, 0.4) is 0 Å². The second-order valence-corrected chi connectivity index (χ2v) is 6.46. The minimum Gasteiger partial charge on any atom is -0.439 e. The molecule has 0 aliphatic heterocycles. The van der Waals surface area contributed by atoms with Gasteiger partial charge in [0.05, 0.1) is 4.92 Å². The van der Waals surface area contributed by atoms with Gasteiger partial charge in [0.25, 0.3) is 5.69 Å². The fourth-order valence-electron chi connectivity index (χ4n) is 2.52. The van der Waals surface area contributed by atoms with Gasteiger partial charge in [-0.25, -0.2) is 4.98 Å². The van der Waals surface area contributed by atoms with Crippen LogP contribution in [0.15, 0.2) is 66.9 Å². The Bertz CT molecular complexity index is 1000. The van der Waals surface area contributed by atoms with Crippen LogP contribution in [-0.2, 0) is 4.79 Å². The lowest BCUT2D eigenvalue weighted by atomic mass is 10.2. The molecule has 2 aromatic carbocycles. The quantitative estimate of drug-likeness (QED) is 0.452. The number of nitrogens with one attached hydrogen (secondary N) is 2. The highest BCUT2D eigenvalue weighted by Crippen LogP contribution is 2.22. The van der Waals surface area contributed by atoms with E-state index in [0.29, 0.717) is 17.3 Å². The lowest BCUT2D eigenvalue weighted by Crippen LogP contribution is -2.31. The number of nitrogens with zero attached hydrogens (tertiary/aromatic N) is 2. The number of nitro groups is 1. The van der Waals surface area contributed by atoms with Crippen LogP contribution in [0.2, 0.25) is 0 Å². The Morgan fingerprint density at radius 1 is 1.10 bits per heavy atom. The van der Waals surface area contributed by atoms with Crippen molar-refractivity contribution in [3.05, 3.63) is 82.5 Å². The third-order valence-electron chi connectivity index (χ3n) is 4.06. The molecule has 3 rings (SSSR count). The monoisotopic (exact) mass is 392 g/mol. The van der Waals surface area contributed by atoms with Gasteiger partial charge in [-0.3, -0.25) is 14.9 Å². The normalized spacial score (nSPS) is 11.4. The molecule has 0 aliphatic carbocycles. The average Bonchev–Trinajstić information content (AvgIpc) is 2.71. The van der Waals surface area contributed by atoms with E-state index in [1.165, 1.54) is 18.2 Å². The molecule has 2 N–H and O–H groups in total. The average molecular weight is 392 g/mol. The Balaban J connectivity index is 1.57. The maximum Gasteiger partial charge on any atom is 0.271 e. The zero-order valence-electron chi connectivity index (χ0n) is 16.0. The van der Waals surface area contributed by atoms with Crippen molar-refractivity contribution in [1.82, 2.24) is 4.98 Å². The molecular weight excluding hydrogens is 372 g/mol. The first-order chi connectivity index (χ1) is 13.9. The fraction of sp³-hybridized carbons (Fsp3) is 0.143. The number of non-ortho nitro benzene ring substituents is 1. The molecule has 0 spiro atoms. The molecule has 1 heterocycles. The summed E-state index contributed by atoms with van der Waals surface area (Å²) in [5.41, 5.74) is 2.07. The largest absolute Gasteiger partial charge is 0.439 e. The summed E-state index contributed by atoms with van der Waals surface area (Å²) in [5.74, 6) is 0.816. The van der Waals surface area contributed by atoms with Gasteiger partial charge >= 0.3 is 0 Å². The highest BCUT2D eigenvalue weighted by Gasteiger charge is 2.14. The summed E-state index contributed by atoms with van der Waals surface area (Å²) in [5, 5.41) is 16.6. The van der Waals surface area contributed by atoms with Gasteiger partial charge in [0.15, 0.2) is 0 Å². The van der Waals surface area contributed by atoms with E-state index in [0.717, 1.165) is 11.3 Å². The Labute approximate surface area is 167 Å². The lowest BCUT2D eigenvalue weighted by Gasteiger charge is -2.15. The Hall–Kier alpha value is -3.94. The van der Waals surface area contributed by atoms with Crippen molar-refractivity contribution < 1.29 is 14.5 Å². The van der Waals surface area contributed by atoms with Crippen LogP contribution < -0.4 is 15.4 Å². The molecule has 0 radical (unpaired) electrons. The topological polar surface area (TPSA) is 106 Å². The fourth-order valence-corrected chi connectivity index (χ4v) is 2.52. The summed E-state index contributed by atoms with van der Waals surface area (Å²) >= 11 is 0. The van der Waals surface area contributed by atoms with Gasteiger partial charge in [0, 0.05) is 35.8 Å². The lowest BCUT2D eigenvalue weighted by molar-refractivity contribution is -0.384. The molecule has 0 bridgehead atoms. The summed E-state index contributed by atoms with van der Waals surface area (Å²) in [6.07, 6.45) is 1.73. The summed E-state index contributed by atoms with van der Waals surface area (Å²) in [6.45, 7) is 3.65. The highest BCUT2D eigenvalue weighted by molar-refractivity contribution is 5.96. The first-order valence-corrected chi connectivity index (χ1v) is 8.93. The molecule has 1 unspecified atom stereocenters. The van der Waals surface area contributed by atoms with Crippen molar-refractivity contribution in [2.75, 3.05) is 10.6 Å². The molecule has 1 amide bonds. The van der Waals surface area contributed by atoms with Crippen molar-refractivity contribution in [2.45, 2.75) is 19.9 Å². The number of carbonyl (C=O) groups excluding carboxylic acids is 1. The number of anilines is 2. The van der Waals surface area contributed by atoms with Gasteiger partial charge < -0.3 is 15.4 Å². The molecule has 1 aromatic heterocycles. The number of pyridine rings is 1. The molecule has 1 atom stereocenters. The standard InChI is InChI=1S/C21H20N4O4/c1-14-6-11-20(22-13-14)29-19-9-7-16(8-10-19)23-15(2)21(26)24-17-4-3-5-18(12-17)25(27)28/h3-13,15,23H,1-2H3,(H,24,26). The third-order valence-corrected chi connectivity index (χ3v) is 4.06. The predicted octanol–water partition coefficient (Wildman–Crippen LogP) is 4.53. The number of ether oxygens (including phenoxy) is 1. The summed E-state index contributed by atoms with van der Waals surface area (Å²) < 4.78 is 5.68. The van der Waals surface area contributed by atoms with Crippen molar-refractivity contribution in [3.63, 3.8) is 0 Å². The van der Waals surface area contributed by atoms with Gasteiger partial charge in [-0.1, -0.05) is 12.1 Å². The maximum atomic E-state index is 12.4. The van der Waals surface area contributed by atoms with E-state index < -0.39 is 11.0 Å². The molecule has 29 heavy (non-hydrogen) atoms. The van der Waals surface area contributed by atoms with Crippen LogP contribution in [0, 0.1) is 17.0 Å². The Morgan fingerprint density at radius 2 is 1.86 bits per heavy atom. The first kappa shape index (κ1) is 19.8. The van der Waals surface area contributed by atoms with Gasteiger partial charge in [0.2, 0.25) is 11.8 Å². The number of aryl methyl sites for hydroxylation is 1. The van der Waals surface area contributed by atoms with Gasteiger partial charge in [0.1, 0.15) is 11.8 Å². The summed E-state index contributed by atoms with van der Waals surface area (Å²) in [4.78, 5) is 26.9. The van der Waals surface area contributed by atoms with Crippen LogP contribution in [0.5, 0.6) is 11.6 Å². The highest BCUT2D eigenvalue weighted by atomic mass is 16.6. The van der Waals surface area contributed by atoms with Crippen molar-refractivity contribution >= 4 is 23.0 Å². The number of hydrogen-bond acceptors (Lipinski definition) is 6. The minimum atomic E-state index is -0.556. The van der Waals surface area contributed by atoms with E-state index in [4.69, 9.17) is 4.74 Å². The van der Waals surface area contributed by atoms with Gasteiger partial charge in [-0.2, -0.15) is 0 Å². The van der Waals surface area contributed by atoms with Crippen LogP contribution in [0.25, 0.3) is 0 Å². The van der Waals surface area contributed by atoms with Gasteiger partial charge in [-0.05, 0) is 49.7 Å². The van der Waals surface area contributed by atoms with Crippen LogP contribution in [0.4, 0.5) is 17.1 Å². The number of aromatic nitrogens is 1. The molecule has 148 valence electrons. The predicted molar refractivity (Wildman–Crippen MR) is 110 cm³/mol. The number of nitro benzene ring substituents is 1. The molecule has 0 saturated carbocycles. The second kappa shape index (κ2) is 8.83. The number of amides is 1. The van der Waals surface area contributed by atoms with E-state index in [2.05, 4.69) is 15.6 Å². The minimum absolute atomic E-state index is 0.0814. The number of carbonyl (C=O) groups is 1. The summed E-state index contributed by atoms with van der Waals surface area (Å²) in [6, 6.07) is 16.1. The number of benzene rings is 2. The van der Waals surface area contributed by atoms with E-state index in [1.807, 2.05) is 13.0 Å². The Morgan fingerprint density at radius 3 is 2.52 bits per heavy atom. The summed E-state index contributed by atoms with van der Waals surface area (Å²) in [7, 11) is 0. The molecule has 0 fully saturated rings. The SMILES string of the molecule is Cc1ccc(Oc2ccc(NC(C)C(=O)Nc3cccc([N+](=O)[O-])c3)cc2)nc1. The van der Waals surface area contributed by atoms with Crippen molar-refractivity contribution in [2.24, 2.45) is 0 Å². The smallest absolute Gasteiger partial charge is 0.271 e. The van der Waals surface area contributed by atoms with E-state index in [1.54, 1.807) is 49.5 Å². The van der Waals surface area contributed by atoms with Gasteiger partial charge in [-0.15, -0.1) is 0 Å². The molecule has 8 heteroatoms. The van der Waals surface area contributed by atoms with Crippen LogP contribution in [0.1, 0.15) is 12.5 Å². The molecular formula is C21H20N4O4. The molecule has 0 saturated heterocycles. The maximum absolute atomic E-state index is 12.4. The van der Waals surface area contributed by atoms with E-state index >= 15 is 0 Å². The Kier molecular flexibility index (Phi) is 6.03. The zero-order chi connectivity index (χ0) is 20.8. The van der Waals surface area contributed by atoms with E-state index in [9.17, 15) is 14.9 Å². The van der Waals surface area contributed by atoms with Crippen LogP contribution in [-0.4, -0.2) is 21.9 Å².